The van der Waals surface area contributed by atoms with Gasteiger partial charge in [-0.3, -0.25) is 0 Å². The van der Waals surface area contributed by atoms with Crippen molar-refractivity contribution in [3.8, 4) is 0 Å². The molecule has 0 N–H and O–H groups in total. The Labute approximate surface area is 237 Å². The third kappa shape index (κ3) is 5.09. The smallest absolute Gasteiger partial charge is 0.0708 e. The lowest BCUT2D eigenvalue weighted by molar-refractivity contribution is 1.22. The van der Waals surface area contributed by atoms with E-state index in [2.05, 4.69) is 171 Å². The Hall–Kier alpha value is -4.82. The Bertz CT molecular complexity index is 1650. The van der Waals surface area contributed by atoms with Crippen molar-refractivity contribution < 1.29 is 0 Å². The summed E-state index contributed by atoms with van der Waals surface area (Å²) in [6.07, 6.45) is 0. The van der Waals surface area contributed by atoms with Crippen LogP contribution in [0.15, 0.2) is 133 Å². The van der Waals surface area contributed by atoms with Crippen molar-refractivity contribution in [1.29, 1.82) is 0 Å². The molecule has 0 atom stereocenters. The van der Waals surface area contributed by atoms with Gasteiger partial charge in [0.1, 0.15) is 0 Å². The fraction of sp³-hybridized carbons (Fsp3) is 0.105. The molecule has 0 unspecified atom stereocenters. The van der Waals surface area contributed by atoms with Crippen LogP contribution in [0.25, 0.3) is 10.8 Å². The Morgan fingerprint density at radius 1 is 0.325 bits per heavy atom. The molecule has 0 heterocycles. The molecule has 0 spiro atoms. The van der Waals surface area contributed by atoms with E-state index in [1.807, 2.05) is 0 Å². The van der Waals surface area contributed by atoms with Crippen LogP contribution >= 0.6 is 0 Å². The van der Waals surface area contributed by atoms with E-state index in [9.17, 15) is 0 Å². The fourth-order valence-electron chi connectivity index (χ4n) is 5.35. The van der Waals surface area contributed by atoms with E-state index in [4.69, 9.17) is 0 Å². The number of anilines is 6. The van der Waals surface area contributed by atoms with E-state index in [-0.39, 0.29) is 0 Å². The number of rotatable bonds is 6. The molecule has 0 bridgehead atoms. The van der Waals surface area contributed by atoms with Gasteiger partial charge in [-0.15, -0.1) is 0 Å². The minimum absolute atomic E-state index is 1.12. The zero-order valence-corrected chi connectivity index (χ0v) is 23.6. The van der Waals surface area contributed by atoms with Gasteiger partial charge < -0.3 is 9.80 Å². The largest absolute Gasteiger partial charge is 0.308 e. The molecule has 0 aromatic heterocycles. The average Bonchev–Trinajstić information content (AvgIpc) is 2.96. The molecule has 0 aliphatic carbocycles. The van der Waals surface area contributed by atoms with Crippen molar-refractivity contribution in [2.45, 2.75) is 27.7 Å². The summed E-state index contributed by atoms with van der Waals surface area (Å²) in [7, 11) is 0. The molecule has 6 rings (SSSR count). The van der Waals surface area contributed by atoms with E-state index in [1.165, 1.54) is 33.0 Å². The highest BCUT2D eigenvalue weighted by atomic mass is 15.2. The van der Waals surface area contributed by atoms with Gasteiger partial charge in [0.25, 0.3) is 0 Å². The van der Waals surface area contributed by atoms with Gasteiger partial charge in [0, 0.05) is 22.7 Å². The minimum Gasteiger partial charge on any atom is -0.308 e. The number of benzene rings is 6. The molecule has 2 heteroatoms. The molecule has 0 saturated carbocycles. The summed E-state index contributed by atoms with van der Waals surface area (Å²) in [5.41, 5.74) is 11.7. The lowest BCUT2D eigenvalue weighted by atomic mass is 10.0. The maximum atomic E-state index is 2.39. The fourth-order valence-corrected chi connectivity index (χ4v) is 5.35. The lowest BCUT2D eigenvalue weighted by Crippen LogP contribution is -2.17. The minimum atomic E-state index is 1.12. The first-order valence-corrected chi connectivity index (χ1v) is 13.9. The topological polar surface area (TPSA) is 6.48 Å². The van der Waals surface area contributed by atoms with Crippen molar-refractivity contribution in [2.24, 2.45) is 0 Å². The first kappa shape index (κ1) is 25.5. The van der Waals surface area contributed by atoms with Crippen molar-refractivity contribution in [1.82, 2.24) is 0 Å². The quantitative estimate of drug-likeness (QED) is 0.216. The van der Waals surface area contributed by atoms with Crippen LogP contribution in [-0.4, -0.2) is 0 Å². The average molecular weight is 519 g/mol. The van der Waals surface area contributed by atoms with E-state index < -0.39 is 0 Å². The van der Waals surface area contributed by atoms with Gasteiger partial charge in [0.2, 0.25) is 0 Å². The van der Waals surface area contributed by atoms with E-state index in [0.717, 1.165) is 34.1 Å². The molecule has 0 amide bonds. The Kier molecular flexibility index (Phi) is 6.84. The summed E-state index contributed by atoms with van der Waals surface area (Å²) in [5, 5.41) is 2.42. The van der Waals surface area contributed by atoms with Gasteiger partial charge in [-0.1, -0.05) is 83.9 Å². The van der Waals surface area contributed by atoms with Gasteiger partial charge in [0.15, 0.2) is 0 Å². The van der Waals surface area contributed by atoms with Crippen molar-refractivity contribution in [3.05, 3.63) is 156 Å². The molecule has 6 aromatic rings. The number of aryl methyl sites for hydroxylation is 4. The van der Waals surface area contributed by atoms with E-state index in [0.29, 0.717) is 0 Å². The molecule has 40 heavy (non-hydrogen) atoms. The van der Waals surface area contributed by atoms with Gasteiger partial charge in [0.05, 0.1) is 11.4 Å². The summed E-state index contributed by atoms with van der Waals surface area (Å²) >= 11 is 0. The highest BCUT2D eigenvalue weighted by molar-refractivity contribution is 6.00. The summed E-state index contributed by atoms with van der Waals surface area (Å²) < 4.78 is 0. The SMILES string of the molecule is Cc1ccc(N(c2cccc(C)c2)c2cc3ccccc3cc2N(c2ccc(C)cc2)c2cccc(C)c2)cc1. The van der Waals surface area contributed by atoms with Crippen molar-refractivity contribution >= 4 is 44.9 Å². The maximum absolute atomic E-state index is 2.39. The highest BCUT2D eigenvalue weighted by Gasteiger charge is 2.23. The second-order valence-electron chi connectivity index (χ2n) is 10.7. The van der Waals surface area contributed by atoms with Gasteiger partial charge in [-0.2, -0.15) is 0 Å². The van der Waals surface area contributed by atoms with E-state index in [1.54, 1.807) is 0 Å². The molecule has 2 nitrogen and oxygen atoms in total. The molecule has 0 radical (unpaired) electrons. The monoisotopic (exact) mass is 518 g/mol. The van der Waals surface area contributed by atoms with Crippen LogP contribution in [0.3, 0.4) is 0 Å². The summed E-state index contributed by atoms with van der Waals surface area (Å²) in [6, 6.07) is 48.5. The Balaban J connectivity index is 1.69. The third-order valence-electron chi connectivity index (χ3n) is 7.43. The zero-order valence-electron chi connectivity index (χ0n) is 23.6. The van der Waals surface area contributed by atoms with Crippen LogP contribution in [0.4, 0.5) is 34.1 Å². The molecule has 0 aliphatic heterocycles. The summed E-state index contributed by atoms with van der Waals surface area (Å²) in [4.78, 5) is 4.79. The highest BCUT2D eigenvalue weighted by Crippen LogP contribution is 2.47. The predicted molar refractivity (Wildman–Crippen MR) is 172 cm³/mol. The summed E-state index contributed by atoms with van der Waals surface area (Å²) in [6.45, 7) is 8.59. The van der Waals surface area contributed by atoms with E-state index >= 15 is 0 Å². The predicted octanol–water partition coefficient (Wildman–Crippen LogP) is 11.0. The standard InChI is InChI=1S/C38H34N2/c1-27-15-19-33(20-16-27)39(35-13-7-9-29(3)23-35)37-25-31-11-5-6-12-32(31)26-38(37)40(34-21-17-28(2)18-22-34)36-14-8-10-30(4)24-36/h5-26H,1-4H3. The van der Waals surface area contributed by atoms with Crippen LogP contribution in [-0.2, 0) is 0 Å². The third-order valence-corrected chi connectivity index (χ3v) is 7.43. The van der Waals surface area contributed by atoms with Crippen LogP contribution in [0.5, 0.6) is 0 Å². The van der Waals surface area contributed by atoms with Gasteiger partial charge in [-0.25, -0.2) is 0 Å². The number of nitrogens with zero attached hydrogens (tertiary/aromatic N) is 2. The first-order chi connectivity index (χ1) is 19.5. The molecule has 0 saturated heterocycles. The Morgan fingerprint density at radius 3 is 1.10 bits per heavy atom. The molecule has 0 fully saturated rings. The van der Waals surface area contributed by atoms with Crippen molar-refractivity contribution in [2.75, 3.05) is 9.80 Å². The maximum Gasteiger partial charge on any atom is 0.0708 e. The number of hydrogen-bond donors (Lipinski definition) is 0. The van der Waals surface area contributed by atoms with Crippen molar-refractivity contribution in [3.63, 3.8) is 0 Å². The molecular weight excluding hydrogens is 484 g/mol. The molecular formula is C38H34N2. The van der Waals surface area contributed by atoms with Gasteiger partial charge in [-0.05, 0) is 110 Å². The molecule has 6 aromatic carbocycles. The number of fused-ring (bicyclic) bond motifs is 1. The van der Waals surface area contributed by atoms with Crippen LogP contribution < -0.4 is 9.80 Å². The molecule has 0 aliphatic rings. The van der Waals surface area contributed by atoms with Crippen LogP contribution in [0, 0.1) is 27.7 Å². The zero-order chi connectivity index (χ0) is 27.6. The van der Waals surface area contributed by atoms with Gasteiger partial charge >= 0.3 is 0 Å². The lowest BCUT2D eigenvalue weighted by Gasteiger charge is -2.34. The Morgan fingerprint density at radius 2 is 0.725 bits per heavy atom. The number of hydrogen-bond acceptors (Lipinski definition) is 2. The van der Waals surface area contributed by atoms with Crippen LogP contribution in [0.2, 0.25) is 0 Å². The molecule has 196 valence electrons. The second-order valence-corrected chi connectivity index (χ2v) is 10.7. The second kappa shape index (κ2) is 10.7. The first-order valence-electron chi connectivity index (χ1n) is 13.9. The summed E-state index contributed by atoms with van der Waals surface area (Å²) in [5.74, 6) is 0. The normalized spacial score (nSPS) is 11.0. The van der Waals surface area contributed by atoms with Crippen LogP contribution in [0.1, 0.15) is 22.3 Å².